The summed E-state index contributed by atoms with van der Waals surface area (Å²) in [5.41, 5.74) is 9.82. The van der Waals surface area contributed by atoms with E-state index in [-0.39, 0.29) is 0 Å². The van der Waals surface area contributed by atoms with Crippen LogP contribution in [0.2, 0.25) is 0 Å². The number of fused-ring (bicyclic) bond motifs is 6. The molecule has 0 bridgehead atoms. The molecule has 194 valence electrons. The Hall–Kier alpha value is -5.41. The lowest BCUT2D eigenvalue weighted by molar-refractivity contribution is 0.670. The summed E-state index contributed by atoms with van der Waals surface area (Å²) in [6.45, 7) is 0.652. The van der Waals surface area contributed by atoms with Gasteiger partial charge >= 0.3 is 0 Å². The number of para-hydroxylation sites is 4. The average molecular weight is 527 g/mol. The molecular formula is C38H26N2O. The van der Waals surface area contributed by atoms with E-state index in [1.54, 1.807) is 0 Å². The van der Waals surface area contributed by atoms with Gasteiger partial charge < -0.3 is 8.98 Å². The third-order valence-corrected chi connectivity index (χ3v) is 7.91. The van der Waals surface area contributed by atoms with Crippen LogP contribution < -0.4 is 0 Å². The zero-order chi connectivity index (χ0) is 27.2. The van der Waals surface area contributed by atoms with E-state index in [9.17, 15) is 0 Å². The Morgan fingerprint density at radius 3 is 2.24 bits per heavy atom. The monoisotopic (exact) mass is 526 g/mol. The van der Waals surface area contributed by atoms with Crippen LogP contribution in [-0.4, -0.2) is 10.8 Å². The second-order valence-electron chi connectivity index (χ2n) is 10.4. The number of nitrogens with zero attached hydrogens (tertiary/aromatic N) is 2. The van der Waals surface area contributed by atoms with Gasteiger partial charge in [-0.25, -0.2) is 0 Å². The molecule has 0 unspecified atom stereocenters. The minimum atomic E-state index is 0.652. The lowest BCUT2D eigenvalue weighted by Crippen LogP contribution is -1.99. The van der Waals surface area contributed by atoms with Crippen LogP contribution in [0, 0.1) is 0 Å². The topological polar surface area (TPSA) is 30.4 Å². The van der Waals surface area contributed by atoms with Gasteiger partial charge in [0.25, 0.3) is 0 Å². The van der Waals surface area contributed by atoms with Crippen LogP contribution in [-0.2, 0) is 6.54 Å². The van der Waals surface area contributed by atoms with E-state index in [1.807, 2.05) is 24.4 Å². The Kier molecular flexibility index (Phi) is 5.53. The van der Waals surface area contributed by atoms with Crippen molar-refractivity contribution in [2.45, 2.75) is 6.54 Å². The van der Waals surface area contributed by atoms with E-state index < -0.39 is 0 Å². The molecule has 0 aliphatic carbocycles. The Labute approximate surface area is 237 Å². The molecule has 0 spiro atoms. The zero-order valence-electron chi connectivity index (χ0n) is 22.4. The summed E-state index contributed by atoms with van der Waals surface area (Å²) >= 11 is 0. The first-order valence-electron chi connectivity index (χ1n) is 13.9. The fourth-order valence-electron chi connectivity index (χ4n) is 6.01. The summed E-state index contributed by atoms with van der Waals surface area (Å²) in [5, 5.41) is 4.72. The molecule has 0 aliphatic heterocycles. The number of benzene rings is 6. The van der Waals surface area contributed by atoms with Crippen molar-refractivity contribution in [3.05, 3.63) is 151 Å². The van der Waals surface area contributed by atoms with Crippen molar-refractivity contribution in [3.8, 4) is 16.8 Å². The summed E-state index contributed by atoms with van der Waals surface area (Å²) < 4.78 is 8.74. The van der Waals surface area contributed by atoms with Gasteiger partial charge in [0.2, 0.25) is 0 Å². The molecular weight excluding hydrogens is 500 g/mol. The van der Waals surface area contributed by atoms with Crippen LogP contribution in [0.1, 0.15) is 11.1 Å². The first-order chi connectivity index (χ1) is 20.3. The van der Waals surface area contributed by atoms with Crippen molar-refractivity contribution in [2.24, 2.45) is 4.99 Å². The molecule has 2 heterocycles. The Morgan fingerprint density at radius 2 is 1.32 bits per heavy atom. The predicted octanol–water partition coefficient (Wildman–Crippen LogP) is 9.97. The van der Waals surface area contributed by atoms with Crippen molar-refractivity contribution < 1.29 is 4.42 Å². The van der Waals surface area contributed by atoms with Crippen molar-refractivity contribution in [1.29, 1.82) is 0 Å². The molecule has 0 saturated heterocycles. The lowest BCUT2D eigenvalue weighted by Gasteiger charge is -2.11. The SMILES string of the molecule is C(=NCc1ccccc1)c1ccccc1-n1c2ccccc2c2cc(-c3cccc4c3oc3ccccc34)ccc21. The molecule has 0 fully saturated rings. The molecule has 3 nitrogen and oxygen atoms in total. The van der Waals surface area contributed by atoms with Gasteiger partial charge in [0, 0.05) is 38.9 Å². The molecule has 6 aromatic carbocycles. The minimum Gasteiger partial charge on any atom is -0.455 e. The summed E-state index contributed by atoms with van der Waals surface area (Å²) in [6.07, 6.45) is 2.00. The smallest absolute Gasteiger partial charge is 0.143 e. The zero-order valence-corrected chi connectivity index (χ0v) is 22.4. The maximum atomic E-state index is 6.38. The quantitative estimate of drug-likeness (QED) is 0.205. The van der Waals surface area contributed by atoms with Gasteiger partial charge in [-0.05, 0) is 41.5 Å². The molecule has 0 saturated carbocycles. The molecule has 2 aromatic heterocycles. The fraction of sp³-hybridized carbons (Fsp3) is 0.0263. The highest BCUT2D eigenvalue weighted by Crippen LogP contribution is 2.39. The van der Waals surface area contributed by atoms with Gasteiger partial charge in [-0.15, -0.1) is 0 Å². The van der Waals surface area contributed by atoms with Gasteiger partial charge in [-0.2, -0.15) is 0 Å². The van der Waals surface area contributed by atoms with E-state index in [0.29, 0.717) is 6.54 Å². The second kappa shape index (κ2) is 9.65. The van der Waals surface area contributed by atoms with E-state index in [1.165, 1.54) is 21.9 Å². The maximum Gasteiger partial charge on any atom is 0.143 e. The van der Waals surface area contributed by atoms with Gasteiger partial charge in [0.15, 0.2) is 0 Å². The molecule has 0 aliphatic rings. The van der Waals surface area contributed by atoms with Crippen molar-refractivity contribution in [1.82, 2.24) is 4.57 Å². The number of hydrogen-bond donors (Lipinski definition) is 0. The Balaban J connectivity index is 1.29. The summed E-state index contributed by atoms with van der Waals surface area (Å²) in [4.78, 5) is 4.79. The lowest BCUT2D eigenvalue weighted by atomic mass is 10.0. The molecule has 8 rings (SSSR count). The van der Waals surface area contributed by atoms with Gasteiger partial charge in [0.05, 0.1) is 23.3 Å². The van der Waals surface area contributed by atoms with Crippen molar-refractivity contribution in [2.75, 3.05) is 0 Å². The highest BCUT2D eigenvalue weighted by Gasteiger charge is 2.17. The minimum absolute atomic E-state index is 0.652. The number of aliphatic imine (C=N–C) groups is 1. The van der Waals surface area contributed by atoms with E-state index >= 15 is 0 Å². The number of furan rings is 1. The molecule has 0 atom stereocenters. The molecule has 0 amide bonds. The fourth-order valence-corrected chi connectivity index (χ4v) is 6.01. The number of hydrogen-bond acceptors (Lipinski definition) is 2. The average Bonchev–Trinajstić information content (AvgIpc) is 3.57. The van der Waals surface area contributed by atoms with Gasteiger partial charge in [-0.3, -0.25) is 4.99 Å². The Morgan fingerprint density at radius 1 is 0.585 bits per heavy atom. The van der Waals surface area contributed by atoms with Crippen LogP contribution in [0.5, 0.6) is 0 Å². The van der Waals surface area contributed by atoms with Crippen LogP contribution in [0.3, 0.4) is 0 Å². The first kappa shape index (κ1) is 23.5. The first-order valence-corrected chi connectivity index (χ1v) is 13.9. The largest absolute Gasteiger partial charge is 0.455 e. The van der Waals surface area contributed by atoms with Crippen LogP contribution in [0.15, 0.2) is 149 Å². The summed E-state index contributed by atoms with van der Waals surface area (Å²) in [7, 11) is 0. The predicted molar refractivity (Wildman–Crippen MR) is 171 cm³/mol. The number of rotatable bonds is 5. The highest BCUT2D eigenvalue weighted by atomic mass is 16.3. The standard InChI is InChI=1S/C38H26N2O/c1-2-11-26(12-3-1)24-39-25-28-13-4-7-18-34(28)40-35-19-8-5-14-30(35)33-23-27(21-22-36(33)40)29-16-10-17-32-31-15-6-9-20-37(31)41-38(29)32/h1-23,25H,24H2. The van der Waals surface area contributed by atoms with Gasteiger partial charge in [0.1, 0.15) is 11.2 Å². The molecule has 8 aromatic rings. The number of aromatic nitrogens is 1. The summed E-state index contributed by atoms with van der Waals surface area (Å²) in [6, 6.07) is 48.9. The van der Waals surface area contributed by atoms with Crippen LogP contribution >= 0.6 is 0 Å². The third-order valence-electron chi connectivity index (χ3n) is 7.91. The Bertz CT molecular complexity index is 2230. The van der Waals surface area contributed by atoms with Crippen LogP contribution in [0.25, 0.3) is 60.6 Å². The van der Waals surface area contributed by atoms with Gasteiger partial charge in [-0.1, -0.05) is 109 Å². The van der Waals surface area contributed by atoms with Crippen molar-refractivity contribution >= 4 is 50.0 Å². The molecule has 3 heteroatoms. The molecule has 0 radical (unpaired) electrons. The second-order valence-corrected chi connectivity index (χ2v) is 10.4. The van der Waals surface area contributed by atoms with E-state index in [2.05, 4.69) is 126 Å². The van der Waals surface area contributed by atoms with Crippen LogP contribution in [0.4, 0.5) is 0 Å². The normalized spacial score (nSPS) is 11.9. The van der Waals surface area contributed by atoms with E-state index in [0.717, 1.165) is 49.8 Å². The third kappa shape index (κ3) is 3.94. The maximum absolute atomic E-state index is 6.38. The molecule has 0 N–H and O–H groups in total. The summed E-state index contributed by atoms with van der Waals surface area (Å²) in [5.74, 6) is 0. The van der Waals surface area contributed by atoms with Crippen molar-refractivity contribution in [3.63, 3.8) is 0 Å². The highest BCUT2D eigenvalue weighted by molar-refractivity contribution is 6.13. The van der Waals surface area contributed by atoms with E-state index in [4.69, 9.17) is 9.41 Å². The molecule has 41 heavy (non-hydrogen) atoms.